The molecule has 0 aromatic carbocycles. The average Bonchev–Trinajstić information content (AvgIpc) is 1.88. The average molecular weight is 137 g/mol. The first-order valence-corrected chi connectivity index (χ1v) is 2.79. The summed E-state index contributed by atoms with van der Waals surface area (Å²) in [4.78, 5) is 3.67. The van der Waals surface area contributed by atoms with E-state index in [-0.39, 0.29) is 0 Å². The van der Waals surface area contributed by atoms with Crippen molar-refractivity contribution in [3.05, 3.63) is 37.1 Å². The molecule has 0 aliphatic heterocycles. The number of hydrogen-bond donors (Lipinski definition) is 0. The zero-order valence-corrected chi connectivity index (χ0v) is 5.82. The fraction of sp³-hybridized carbons (Fsp3) is 0. The molecule has 0 aliphatic rings. The van der Waals surface area contributed by atoms with Gasteiger partial charge in [-0.15, -0.1) is 0 Å². The van der Waals surface area contributed by atoms with Gasteiger partial charge in [-0.2, -0.15) is 4.99 Å². The molecule has 0 rings (SSSR count). The predicted molar refractivity (Wildman–Crippen MR) is 43.5 cm³/mol. The Balaban J connectivity index is 4.31. The highest BCUT2D eigenvalue weighted by Gasteiger charge is 1.77. The second-order valence-corrected chi connectivity index (χ2v) is 1.42. The van der Waals surface area contributed by atoms with Crippen molar-refractivity contribution in [1.82, 2.24) is 0 Å². The maximum absolute atomic E-state index is 4.37. The Morgan fingerprint density at radius 1 is 1.56 bits per heavy atom. The summed E-state index contributed by atoms with van der Waals surface area (Å²) in [5, 5.41) is 2.22. The van der Waals surface area contributed by atoms with Gasteiger partial charge in [0.2, 0.25) is 0 Å². The van der Waals surface area contributed by atoms with Crippen LogP contribution in [-0.2, 0) is 0 Å². The van der Waals surface area contributed by atoms with Gasteiger partial charge in [-0.3, -0.25) is 0 Å². The van der Waals surface area contributed by atoms with Gasteiger partial charge in [0, 0.05) is 0 Å². The smallest absolute Gasteiger partial charge is 0.0733 e. The molecule has 0 fully saturated rings. The first kappa shape index (κ1) is 8.02. The molecule has 1 nitrogen and oxygen atoms in total. The minimum Gasteiger partial charge on any atom is -0.195 e. The standard InChI is InChI=1S/C7H7NS/c1-3-5-7(4-2)8-6-9/h3-5H,1-2H2/b7-5+. The molecule has 0 atom stereocenters. The van der Waals surface area contributed by atoms with Crippen LogP contribution in [0.25, 0.3) is 0 Å². The van der Waals surface area contributed by atoms with Crippen molar-refractivity contribution in [2.45, 2.75) is 0 Å². The molecule has 2 heteroatoms. The van der Waals surface area contributed by atoms with E-state index in [1.807, 2.05) is 0 Å². The van der Waals surface area contributed by atoms with Gasteiger partial charge < -0.3 is 0 Å². The van der Waals surface area contributed by atoms with E-state index < -0.39 is 0 Å². The van der Waals surface area contributed by atoms with E-state index in [1.165, 1.54) is 0 Å². The topological polar surface area (TPSA) is 12.4 Å². The first-order chi connectivity index (χ1) is 4.35. The molecule has 0 unspecified atom stereocenters. The molecule has 0 aromatic heterocycles. The Morgan fingerprint density at radius 3 is 2.56 bits per heavy atom. The number of thiocarbonyl (C=S) groups is 1. The van der Waals surface area contributed by atoms with Crippen molar-refractivity contribution < 1.29 is 0 Å². The molecule has 0 saturated carbocycles. The summed E-state index contributed by atoms with van der Waals surface area (Å²) in [6, 6.07) is 0. The molecule has 0 N–H and O–H groups in total. The van der Waals surface area contributed by atoms with Gasteiger partial charge in [0.25, 0.3) is 0 Å². The Bertz CT molecular complexity index is 185. The maximum atomic E-state index is 4.37. The molecular formula is C7H7NS. The number of allylic oxidation sites excluding steroid dienone is 3. The summed E-state index contributed by atoms with van der Waals surface area (Å²) in [5.74, 6) is 0. The van der Waals surface area contributed by atoms with Crippen molar-refractivity contribution in [1.29, 1.82) is 0 Å². The van der Waals surface area contributed by atoms with Crippen molar-refractivity contribution >= 4 is 17.4 Å². The van der Waals surface area contributed by atoms with Gasteiger partial charge in [-0.1, -0.05) is 19.2 Å². The molecule has 0 aromatic rings. The summed E-state index contributed by atoms with van der Waals surface area (Å²) in [5.41, 5.74) is 0.681. The third-order valence-electron chi connectivity index (χ3n) is 0.672. The van der Waals surface area contributed by atoms with Crippen LogP contribution >= 0.6 is 12.2 Å². The lowest BCUT2D eigenvalue weighted by molar-refractivity contribution is 1.45. The summed E-state index contributed by atoms with van der Waals surface area (Å²) in [6.45, 7) is 6.99. The Kier molecular flexibility index (Phi) is 4.60. The van der Waals surface area contributed by atoms with Gasteiger partial charge in [0.05, 0.1) is 10.9 Å². The largest absolute Gasteiger partial charge is 0.195 e. The Hall–Kier alpha value is -0.980. The summed E-state index contributed by atoms with van der Waals surface area (Å²) >= 11 is 4.37. The van der Waals surface area contributed by atoms with E-state index in [4.69, 9.17) is 0 Å². The van der Waals surface area contributed by atoms with Crippen LogP contribution in [0.15, 0.2) is 42.1 Å². The molecule has 0 heterocycles. The van der Waals surface area contributed by atoms with E-state index >= 15 is 0 Å². The fourth-order valence-corrected chi connectivity index (χ4v) is 0.430. The highest BCUT2D eigenvalue weighted by Crippen LogP contribution is 1.94. The number of aliphatic imine (C=N–C) groups is 1. The van der Waals surface area contributed by atoms with E-state index in [1.54, 1.807) is 18.2 Å². The van der Waals surface area contributed by atoms with Gasteiger partial charge in [0.15, 0.2) is 0 Å². The first-order valence-electron chi connectivity index (χ1n) is 2.38. The number of rotatable bonds is 3. The van der Waals surface area contributed by atoms with Crippen LogP contribution in [0, 0.1) is 0 Å². The zero-order valence-electron chi connectivity index (χ0n) is 5.00. The van der Waals surface area contributed by atoms with Crippen LogP contribution in [0.3, 0.4) is 0 Å². The molecule has 0 amide bonds. The highest BCUT2D eigenvalue weighted by molar-refractivity contribution is 7.78. The quantitative estimate of drug-likeness (QED) is 0.330. The van der Waals surface area contributed by atoms with Crippen LogP contribution in [0.5, 0.6) is 0 Å². The molecular weight excluding hydrogens is 130 g/mol. The van der Waals surface area contributed by atoms with Crippen LogP contribution in [-0.4, -0.2) is 5.16 Å². The van der Waals surface area contributed by atoms with Gasteiger partial charge in [0.1, 0.15) is 0 Å². The van der Waals surface area contributed by atoms with Crippen molar-refractivity contribution in [3.63, 3.8) is 0 Å². The van der Waals surface area contributed by atoms with Crippen LogP contribution < -0.4 is 0 Å². The minimum atomic E-state index is 0.681. The SMILES string of the molecule is C=C/C=C(\C=C)N=C=S. The third-order valence-corrected chi connectivity index (χ3v) is 0.764. The minimum absolute atomic E-state index is 0.681. The maximum Gasteiger partial charge on any atom is 0.0733 e. The third kappa shape index (κ3) is 3.59. The van der Waals surface area contributed by atoms with E-state index in [0.29, 0.717) is 5.70 Å². The van der Waals surface area contributed by atoms with Crippen molar-refractivity contribution in [3.8, 4) is 0 Å². The molecule has 0 bridgehead atoms. The normalized spacial score (nSPS) is 9.56. The summed E-state index contributed by atoms with van der Waals surface area (Å²) in [7, 11) is 0. The monoisotopic (exact) mass is 137 g/mol. The van der Waals surface area contributed by atoms with E-state index in [0.717, 1.165) is 0 Å². The van der Waals surface area contributed by atoms with Crippen molar-refractivity contribution in [2.75, 3.05) is 0 Å². The molecule has 9 heavy (non-hydrogen) atoms. The number of nitrogens with zero attached hydrogens (tertiary/aromatic N) is 1. The molecule has 46 valence electrons. The molecule has 0 spiro atoms. The van der Waals surface area contributed by atoms with Crippen LogP contribution in [0.4, 0.5) is 0 Å². The van der Waals surface area contributed by atoms with Crippen LogP contribution in [0.1, 0.15) is 0 Å². The Morgan fingerprint density at radius 2 is 2.22 bits per heavy atom. The van der Waals surface area contributed by atoms with E-state index in [2.05, 4.69) is 35.5 Å². The predicted octanol–water partition coefficient (Wildman–Crippen LogP) is 2.35. The lowest BCUT2D eigenvalue weighted by Gasteiger charge is -1.82. The van der Waals surface area contributed by atoms with Gasteiger partial charge in [-0.05, 0) is 24.4 Å². The van der Waals surface area contributed by atoms with E-state index in [9.17, 15) is 0 Å². The summed E-state index contributed by atoms with van der Waals surface area (Å²) < 4.78 is 0. The summed E-state index contributed by atoms with van der Waals surface area (Å²) in [6.07, 6.45) is 4.90. The molecule has 0 aliphatic carbocycles. The van der Waals surface area contributed by atoms with Crippen molar-refractivity contribution in [2.24, 2.45) is 4.99 Å². The van der Waals surface area contributed by atoms with Gasteiger partial charge in [-0.25, -0.2) is 0 Å². The number of isothiocyanates is 1. The lowest BCUT2D eigenvalue weighted by atomic mass is 10.4. The molecule has 0 saturated heterocycles. The zero-order chi connectivity index (χ0) is 7.11. The second-order valence-electron chi connectivity index (χ2n) is 1.23. The molecule has 0 radical (unpaired) electrons. The number of hydrogen-bond acceptors (Lipinski definition) is 2. The van der Waals surface area contributed by atoms with Crippen LogP contribution in [0.2, 0.25) is 0 Å². The Labute approximate surface area is 60.1 Å². The fourth-order valence-electron chi connectivity index (χ4n) is 0.324. The lowest BCUT2D eigenvalue weighted by Crippen LogP contribution is -1.65. The highest BCUT2D eigenvalue weighted by atomic mass is 32.1. The van der Waals surface area contributed by atoms with Gasteiger partial charge >= 0.3 is 0 Å². The second kappa shape index (κ2) is 5.16.